The van der Waals surface area contributed by atoms with Gasteiger partial charge in [-0.15, -0.1) is 0 Å². The summed E-state index contributed by atoms with van der Waals surface area (Å²) in [7, 11) is 0. The third-order valence-corrected chi connectivity index (χ3v) is 4.36. The average molecular weight is 285 g/mol. The molecule has 0 spiro atoms. The largest absolute Gasteiger partial charge is 0.296 e. The van der Waals surface area contributed by atoms with Crippen molar-refractivity contribution in [3.8, 4) is 0 Å². The van der Waals surface area contributed by atoms with E-state index in [1.165, 1.54) is 12.8 Å². The summed E-state index contributed by atoms with van der Waals surface area (Å²) in [6, 6.07) is 7.64. The van der Waals surface area contributed by atoms with Gasteiger partial charge >= 0.3 is 0 Å². The fourth-order valence-corrected chi connectivity index (χ4v) is 3.29. The van der Waals surface area contributed by atoms with E-state index in [9.17, 15) is 4.79 Å². The van der Waals surface area contributed by atoms with Gasteiger partial charge in [0, 0.05) is 13.1 Å². The number of likely N-dealkylation sites (tertiary alicyclic amines) is 1. The van der Waals surface area contributed by atoms with Gasteiger partial charge in [0.25, 0.3) is 5.56 Å². The van der Waals surface area contributed by atoms with Crippen molar-refractivity contribution in [3.05, 3.63) is 40.4 Å². The van der Waals surface area contributed by atoms with Gasteiger partial charge in [-0.1, -0.05) is 19.1 Å². The topological polar surface area (TPSA) is 38.1 Å². The molecule has 0 amide bonds. The molecule has 2 heterocycles. The van der Waals surface area contributed by atoms with E-state index in [0.717, 1.165) is 42.3 Å². The number of hydrogen-bond acceptors (Lipinski definition) is 3. The molecule has 0 bridgehead atoms. The smallest absolute Gasteiger partial charge is 0.261 e. The fourth-order valence-electron chi connectivity index (χ4n) is 3.29. The van der Waals surface area contributed by atoms with Crippen LogP contribution in [0.3, 0.4) is 0 Å². The molecule has 21 heavy (non-hydrogen) atoms. The molecular formula is C17H23N3O. The molecule has 4 nitrogen and oxygen atoms in total. The van der Waals surface area contributed by atoms with Crippen molar-refractivity contribution in [1.29, 1.82) is 0 Å². The molecule has 1 atom stereocenters. The molecule has 0 radical (unpaired) electrons. The minimum atomic E-state index is 0.0863. The van der Waals surface area contributed by atoms with Crippen LogP contribution in [0.5, 0.6) is 0 Å². The average Bonchev–Trinajstić information content (AvgIpc) is 2.48. The highest BCUT2D eigenvalue weighted by Gasteiger charge is 2.19. The Balaban J connectivity index is 1.99. The minimum absolute atomic E-state index is 0.0863. The first kappa shape index (κ1) is 14.3. The summed E-state index contributed by atoms with van der Waals surface area (Å²) in [6.07, 6.45) is 2.55. The zero-order chi connectivity index (χ0) is 14.8. The molecule has 3 rings (SSSR count). The van der Waals surface area contributed by atoms with Crippen LogP contribution in [-0.2, 0) is 13.1 Å². The quantitative estimate of drug-likeness (QED) is 0.870. The van der Waals surface area contributed by atoms with Crippen molar-refractivity contribution in [2.45, 2.75) is 39.8 Å². The predicted octanol–water partition coefficient (Wildman–Crippen LogP) is 2.65. The van der Waals surface area contributed by atoms with Gasteiger partial charge < -0.3 is 0 Å². The number of rotatable bonds is 3. The van der Waals surface area contributed by atoms with Crippen LogP contribution in [0.15, 0.2) is 29.1 Å². The fraction of sp³-hybridized carbons (Fsp3) is 0.529. The van der Waals surface area contributed by atoms with E-state index in [1.54, 1.807) is 0 Å². The molecular weight excluding hydrogens is 262 g/mol. The molecule has 1 aromatic carbocycles. The maximum atomic E-state index is 12.6. The normalized spacial score (nSPS) is 20.0. The Morgan fingerprint density at radius 2 is 2.14 bits per heavy atom. The lowest BCUT2D eigenvalue weighted by molar-refractivity contribution is 0.170. The first-order chi connectivity index (χ1) is 10.2. The van der Waals surface area contributed by atoms with E-state index in [2.05, 4.69) is 11.8 Å². The molecule has 1 fully saturated rings. The Bertz CT molecular complexity index is 692. The molecule has 2 aromatic rings. The molecule has 4 heteroatoms. The molecule has 1 aliphatic heterocycles. The Kier molecular flexibility index (Phi) is 4.06. The summed E-state index contributed by atoms with van der Waals surface area (Å²) >= 11 is 0. The van der Waals surface area contributed by atoms with E-state index in [0.29, 0.717) is 6.54 Å². The van der Waals surface area contributed by atoms with Gasteiger partial charge in [0.2, 0.25) is 0 Å². The van der Waals surface area contributed by atoms with Crippen LogP contribution in [0, 0.1) is 5.92 Å². The van der Waals surface area contributed by atoms with Gasteiger partial charge in [-0.25, -0.2) is 4.98 Å². The Morgan fingerprint density at radius 3 is 2.90 bits per heavy atom. The predicted molar refractivity (Wildman–Crippen MR) is 85.4 cm³/mol. The molecule has 1 saturated heterocycles. The van der Waals surface area contributed by atoms with Crippen LogP contribution < -0.4 is 5.56 Å². The number of nitrogens with zero attached hydrogens (tertiary/aromatic N) is 3. The second kappa shape index (κ2) is 5.98. The van der Waals surface area contributed by atoms with E-state index >= 15 is 0 Å². The third kappa shape index (κ3) is 2.86. The number of fused-ring (bicyclic) bond motifs is 1. The number of aromatic nitrogens is 2. The lowest BCUT2D eigenvalue weighted by Crippen LogP contribution is -2.36. The molecule has 1 aromatic heterocycles. The summed E-state index contributed by atoms with van der Waals surface area (Å²) in [6.45, 7) is 7.98. The van der Waals surface area contributed by atoms with Gasteiger partial charge in [-0.3, -0.25) is 14.3 Å². The van der Waals surface area contributed by atoms with E-state index in [-0.39, 0.29) is 5.56 Å². The second-order valence-electron chi connectivity index (χ2n) is 6.08. The van der Waals surface area contributed by atoms with Gasteiger partial charge in [-0.2, -0.15) is 0 Å². The van der Waals surface area contributed by atoms with E-state index in [4.69, 9.17) is 4.98 Å². The first-order valence-corrected chi connectivity index (χ1v) is 7.90. The molecule has 0 N–H and O–H groups in total. The molecule has 1 aliphatic rings. The number of benzene rings is 1. The molecule has 112 valence electrons. The first-order valence-electron chi connectivity index (χ1n) is 7.90. The van der Waals surface area contributed by atoms with Crippen molar-refractivity contribution in [1.82, 2.24) is 14.5 Å². The standard InChI is InChI=1S/C17H23N3O/c1-3-20-16(12-19-10-6-7-13(2)11-19)18-15-9-5-4-8-14(15)17(20)21/h4-5,8-9,13H,3,6-7,10-12H2,1-2H3. The lowest BCUT2D eigenvalue weighted by atomic mass is 10.0. The summed E-state index contributed by atoms with van der Waals surface area (Å²) in [5.74, 6) is 1.64. The van der Waals surface area contributed by atoms with Gasteiger partial charge in [-0.05, 0) is 44.4 Å². The summed E-state index contributed by atoms with van der Waals surface area (Å²) < 4.78 is 1.82. The van der Waals surface area contributed by atoms with Crippen LogP contribution in [0.1, 0.15) is 32.5 Å². The highest BCUT2D eigenvalue weighted by Crippen LogP contribution is 2.17. The molecule has 1 unspecified atom stereocenters. The maximum Gasteiger partial charge on any atom is 0.261 e. The van der Waals surface area contributed by atoms with Crippen LogP contribution >= 0.6 is 0 Å². The monoisotopic (exact) mass is 285 g/mol. The highest BCUT2D eigenvalue weighted by molar-refractivity contribution is 5.77. The maximum absolute atomic E-state index is 12.6. The van der Waals surface area contributed by atoms with Gasteiger partial charge in [0.05, 0.1) is 17.4 Å². The van der Waals surface area contributed by atoms with Crippen LogP contribution in [0.4, 0.5) is 0 Å². The van der Waals surface area contributed by atoms with Crippen LogP contribution in [-0.4, -0.2) is 27.5 Å². The van der Waals surface area contributed by atoms with Crippen molar-refractivity contribution < 1.29 is 0 Å². The summed E-state index contributed by atoms with van der Waals surface area (Å²) in [5, 5.41) is 0.718. The van der Waals surface area contributed by atoms with Gasteiger partial charge in [0.1, 0.15) is 5.82 Å². The summed E-state index contributed by atoms with van der Waals surface area (Å²) in [4.78, 5) is 19.8. The summed E-state index contributed by atoms with van der Waals surface area (Å²) in [5.41, 5.74) is 0.899. The number of hydrogen-bond donors (Lipinski definition) is 0. The molecule has 0 aliphatic carbocycles. The zero-order valence-corrected chi connectivity index (χ0v) is 12.9. The molecule has 0 saturated carbocycles. The van der Waals surface area contributed by atoms with Crippen molar-refractivity contribution in [2.24, 2.45) is 5.92 Å². The van der Waals surface area contributed by atoms with Crippen molar-refractivity contribution in [2.75, 3.05) is 13.1 Å². The minimum Gasteiger partial charge on any atom is -0.296 e. The third-order valence-electron chi connectivity index (χ3n) is 4.36. The highest BCUT2D eigenvalue weighted by atomic mass is 16.1. The van der Waals surface area contributed by atoms with E-state index < -0.39 is 0 Å². The Hall–Kier alpha value is -1.68. The Labute approximate surface area is 125 Å². The van der Waals surface area contributed by atoms with Crippen molar-refractivity contribution >= 4 is 10.9 Å². The lowest BCUT2D eigenvalue weighted by Gasteiger charge is -2.31. The van der Waals surface area contributed by atoms with Crippen molar-refractivity contribution in [3.63, 3.8) is 0 Å². The number of piperidine rings is 1. The SMILES string of the molecule is CCn1c(CN2CCCC(C)C2)nc2ccccc2c1=O. The second-order valence-corrected chi connectivity index (χ2v) is 6.08. The van der Waals surface area contributed by atoms with Gasteiger partial charge in [0.15, 0.2) is 0 Å². The van der Waals surface area contributed by atoms with Crippen LogP contribution in [0.2, 0.25) is 0 Å². The zero-order valence-electron chi connectivity index (χ0n) is 12.9. The van der Waals surface area contributed by atoms with E-state index in [1.807, 2.05) is 35.8 Å². The van der Waals surface area contributed by atoms with Crippen LogP contribution in [0.25, 0.3) is 10.9 Å². The Morgan fingerprint density at radius 1 is 1.33 bits per heavy atom. The number of para-hydroxylation sites is 1.